The molecule has 2 rings (SSSR count). The third-order valence-corrected chi connectivity index (χ3v) is 3.04. The van der Waals surface area contributed by atoms with Gasteiger partial charge in [0.1, 0.15) is 6.10 Å². The normalized spacial score (nSPS) is 26.3. The molecule has 1 aliphatic rings. The summed E-state index contributed by atoms with van der Waals surface area (Å²) in [5, 5.41) is 7.29. The van der Waals surface area contributed by atoms with Crippen LogP contribution in [0.25, 0.3) is 0 Å². The highest BCUT2D eigenvalue weighted by Gasteiger charge is 2.33. The summed E-state index contributed by atoms with van der Waals surface area (Å²) in [4.78, 5) is 4.37. The van der Waals surface area contributed by atoms with Gasteiger partial charge in [0, 0.05) is 13.2 Å². The Balaban J connectivity index is 2.08. The van der Waals surface area contributed by atoms with E-state index in [1.807, 2.05) is 6.92 Å². The molecule has 1 fully saturated rings. The molecule has 0 radical (unpaired) electrons. The van der Waals surface area contributed by atoms with Gasteiger partial charge in [0.05, 0.1) is 19.1 Å². The van der Waals surface area contributed by atoms with Crippen LogP contribution in [0.1, 0.15) is 37.6 Å². The Labute approximate surface area is 101 Å². The van der Waals surface area contributed by atoms with Crippen LogP contribution < -0.4 is 5.32 Å². The van der Waals surface area contributed by atoms with E-state index in [1.165, 1.54) is 0 Å². The minimum Gasteiger partial charge on any atom is -0.379 e. The smallest absolute Gasteiger partial charge is 0.233 e. The second-order valence-electron chi connectivity index (χ2n) is 4.18. The van der Waals surface area contributed by atoms with E-state index >= 15 is 0 Å². The summed E-state index contributed by atoms with van der Waals surface area (Å²) in [5.41, 5.74) is 0. The van der Waals surface area contributed by atoms with Gasteiger partial charge in [0.2, 0.25) is 5.89 Å². The van der Waals surface area contributed by atoms with Crippen molar-refractivity contribution in [1.29, 1.82) is 0 Å². The fraction of sp³-hybridized carbons (Fsp3) is 0.818. The Morgan fingerprint density at radius 2 is 2.35 bits per heavy atom. The predicted octanol–water partition coefficient (Wildman–Crippen LogP) is 0.869. The minimum atomic E-state index is -0.146. The standard InChI is InChI=1S/C11H19N3O3/c1-4-12-9-6-16-5-8(9)11-13-10(14-17-11)7(2)15-3/h7-9,12H,4-6H2,1-3H3. The van der Waals surface area contributed by atoms with Crippen molar-refractivity contribution in [2.75, 3.05) is 26.9 Å². The molecule has 0 saturated carbocycles. The molecule has 1 N–H and O–H groups in total. The van der Waals surface area contributed by atoms with Gasteiger partial charge in [-0.25, -0.2) is 0 Å². The molecule has 1 saturated heterocycles. The topological polar surface area (TPSA) is 69.4 Å². The van der Waals surface area contributed by atoms with Gasteiger partial charge in [-0.05, 0) is 13.5 Å². The summed E-state index contributed by atoms with van der Waals surface area (Å²) < 4.78 is 15.9. The second kappa shape index (κ2) is 5.57. The average Bonchev–Trinajstić information content (AvgIpc) is 2.96. The molecule has 1 aromatic heterocycles. The summed E-state index contributed by atoms with van der Waals surface area (Å²) in [6.07, 6.45) is -0.146. The van der Waals surface area contributed by atoms with Crippen molar-refractivity contribution < 1.29 is 14.0 Å². The number of aromatic nitrogens is 2. The Hall–Kier alpha value is -0.980. The predicted molar refractivity (Wildman–Crippen MR) is 60.7 cm³/mol. The Bertz CT molecular complexity index is 355. The lowest BCUT2D eigenvalue weighted by Crippen LogP contribution is -2.34. The maximum atomic E-state index is 5.45. The van der Waals surface area contributed by atoms with Crippen molar-refractivity contribution in [2.45, 2.75) is 31.9 Å². The summed E-state index contributed by atoms with van der Waals surface area (Å²) >= 11 is 0. The largest absolute Gasteiger partial charge is 0.379 e. The van der Waals surface area contributed by atoms with E-state index in [-0.39, 0.29) is 18.1 Å². The number of nitrogens with one attached hydrogen (secondary N) is 1. The van der Waals surface area contributed by atoms with E-state index in [0.717, 1.165) is 6.54 Å². The van der Waals surface area contributed by atoms with Crippen LogP contribution in [-0.2, 0) is 9.47 Å². The number of methoxy groups -OCH3 is 1. The molecule has 96 valence electrons. The molecule has 3 unspecified atom stereocenters. The van der Waals surface area contributed by atoms with E-state index in [9.17, 15) is 0 Å². The Kier molecular flexibility index (Phi) is 4.09. The highest BCUT2D eigenvalue weighted by Crippen LogP contribution is 2.25. The molecule has 0 aromatic carbocycles. The van der Waals surface area contributed by atoms with Gasteiger partial charge in [-0.15, -0.1) is 0 Å². The second-order valence-corrected chi connectivity index (χ2v) is 4.18. The lowest BCUT2D eigenvalue weighted by molar-refractivity contribution is 0.109. The molecular weight excluding hydrogens is 222 g/mol. The van der Waals surface area contributed by atoms with E-state index in [0.29, 0.717) is 24.9 Å². The first kappa shape index (κ1) is 12.5. The quantitative estimate of drug-likeness (QED) is 0.825. The van der Waals surface area contributed by atoms with Gasteiger partial charge in [-0.2, -0.15) is 4.98 Å². The molecule has 2 heterocycles. The van der Waals surface area contributed by atoms with Crippen LogP contribution in [0.4, 0.5) is 0 Å². The van der Waals surface area contributed by atoms with Crippen LogP contribution in [0.3, 0.4) is 0 Å². The molecule has 1 aliphatic heterocycles. The van der Waals surface area contributed by atoms with Crippen molar-refractivity contribution in [3.8, 4) is 0 Å². The van der Waals surface area contributed by atoms with Crippen molar-refractivity contribution in [1.82, 2.24) is 15.5 Å². The van der Waals surface area contributed by atoms with E-state index in [2.05, 4.69) is 22.4 Å². The van der Waals surface area contributed by atoms with Gasteiger partial charge in [0.25, 0.3) is 0 Å². The van der Waals surface area contributed by atoms with Crippen LogP contribution in [0, 0.1) is 0 Å². The first-order valence-electron chi connectivity index (χ1n) is 5.93. The summed E-state index contributed by atoms with van der Waals surface area (Å²) in [6.45, 7) is 6.18. The third kappa shape index (κ3) is 2.65. The number of rotatable bonds is 5. The molecule has 0 bridgehead atoms. The molecule has 6 nitrogen and oxygen atoms in total. The van der Waals surface area contributed by atoms with Crippen LogP contribution in [0.5, 0.6) is 0 Å². The highest BCUT2D eigenvalue weighted by atomic mass is 16.5. The Morgan fingerprint density at radius 1 is 1.53 bits per heavy atom. The van der Waals surface area contributed by atoms with Gasteiger partial charge in [-0.1, -0.05) is 12.1 Å². The molecule has 3 atom stereocenters. The molecule has 1 aromatic rings. The summed E-state index contributed by atoms with van der Waals surface area (Å²) in [5.74, 6) is 1.36. The fourth-order valence-electron chi connectivity index (χ4n) is 1.93. The monoisotopic (exact) mass is 241 g/mol. The van der Waals surface area contributed by atoms with Crippen LogP contribution >= 0.6 is 0 Å². The lowest BCUT2D eigenvalue weighted by Gasteiger charge is -2.14. The molecule has 0 aliphatic carbocycles. The number of hydrogen-bond acceptors (Lipinski definition) is 6. The van der Waals surface area contributed by atoms with Crippen molar-refractivity contribution in [3.63, 3.8) is 0 Å². The lowest BCUT2D eigenvalue weighted by atomic mass is 10.0. The van der Waals surface area contributed by atoms with E-state index in [1.54, 1.807) is 7.11 Å². The van der Waals surface area contributed by atoms with Gasteiger partial charge in [-0.3, -0.25) is 0 Å². The molecule has 6 heteroatoms. The zero-order chi connectivity index (χ0) is 12.3. The van der Waals surface area contributed by atoms with Gasteiger partial charge < -0.3 is 19.3 Å². The summed E-state index contributed by atoms with van der Waals surface area (Å²) in [6, 6.07) is 0.256. The first-order valence-corrected chi connectivity index (χ1v) is 5.93. The molecule has 0 spiro atoms. The number of hydrogen-bond donors (Lipinski definition) is 1. The molecule has 0 amide bonds. The van der Waals surface area contributed by atoms with Crippen LogP contribution in [-0.4, -0.2) is 43.1 Å². The first-order chi connectivity index (χ1) is 8.26. The van der Waals surface area contributed by atoms with Gasteiger partial charge in [0.15, 0.2) is 5.82 Å². The zero-order valence-electron chi connectivity index (χ0n) is 10.5. The highest BCUT2D eigenvalue weighted by molar-refractivity contribution is 5.03. The SMILES string of the molecule is CCNC1COCC1c1nc(C(C)OC)no1. The number of likely N-dealkylation sites (N-methyl/N-ethyl adjacent to an activating group) is 1. The van der Waals surface area contributed by atoms with Crippen molar-refractivity contribution in [2.24, 2.45) is 0 Å². The van der Waals surface area contributed by atoms with Crippen LogP contribution in [0.2, 0.25) is 0 Å². The number of ether oxygens (including phenoxy) is 2. The Morgan fingerprint density at radius 3 is 3.06 bits per heavy atom. The summed E-state index contributed by atoms with van der Waals surface area (Å²) in [7, 11) is 1.63. The third-order valence-electron chi connectivity index (χ3n) is 3.04. The van der Waals surface area contributed by atoms with Crippen molar-refractivity contribution >= 4 is 0 Å². The fourth-order valence-corrected chi connectivity index (χ4v) is 1.93. The van der Waals surface area contributed by atoms with Crippen LogP contribution in [0.15, 0.2) is 4.52 Å². The van der Waals surface area contributed by atoms with E-state index in [4.69, 9.17) is 14.0 Å². The minimum absolute atomic E-state index is 0.139. The maximum Gasteiger partial charge on any atom is 0.233 e. The zero-order valence-corrected chi connectivity index (χ0v) is 10.5. The average molecular weight is 241 g/mol. The maximum absolute atomic E-state index is 5.45. The van der Waals surface area contributed by atoms with Gasteiger partial charge >= 0.3 is 0 Å². The van der Waals surface area contributed by atoms with E-state index < -0.39 is 0 Å². The molecule has 17 heavy (non-hydrogen) atoms. The van der Waals surface area contributed by atoms with Crippen molar-refractivity contribution in [3.05, 3.63) is 11.7 Å². The number of nitrogens with zero attached hydrogens (tertiary/aromatic N) is 2. The molecular formula is C11H19N3O3.